The third-order valence-corrected chi connectivity index (χ3v) is 0. The molecule has 0 rings (SSSR count). The van der Waals surface area contributed by atoms with Crippen LogP contribution in [0.2, 0.25) is 0 Å². The Labute approximate surface area is 80.8 Å². The Bertz CT molecular complexity index is 11.6. The van der Waals surface area contributed by atoms with Crippen LogP contribution in [0.15, 0.2) is 0 Å². The Kier molecular flexibility index (Phi) is 12.8. The summed E-state index contributed by atoms with van der Waals surface area (Å²) in [6, 6.07) is 0. The van der Waals surface area contributed by atoms with Crippen molar-refractivity contribution in [3.05, 3.63) is 0 Å². The van der Waals surface area contributed by atoms with Crippen LogP contribution in [0, 0.1) is 0 Å². The minimum absolute atomic E-state index is 0. The Morgan fingerprint density at radius 2 is 1.00 bits per heavy atom. The van der Waals surface area contributed by atoms with Crippen molar-refractivity contribution in [3.8, 4) is 0 Å². The average molecular weight is 214 g/mol. The van der Waals surface area contributed by atoms with Gasteiger partial charge < -0.3 is 10.3 Å². The van der Waals surface area contributed by atoms with Crippen molar-refractivity contribution in [2.75, 3.05) is 0 Å². The molecule has 0 aromatic rings. The van der Waals surface area contributed by atoms with Gasteiger partial charge in [-0.25, -0.2) is 0 Å². The van der Waals surface area contributed by atoms with Gasteiger partial charge in [0.15, 0.2) is 0 Å². The van der Waals surface area contributed by atoms with Crippen LogP contribution in [0.1, 0.15) is 0 Å². The van der Waals surface area contributed by atoms with Crippen molar-refractivity contribution in [1.82, 2.24) is 0 Å². The fourth-order valence-electron chi connectivity index (χ4n) is 0. The first-order valence-electron chi connectivity index (χ1n) is 0.463. The van der Waals surface area contributed by atoms with E-state index in [-0.39, 0.29) is 51.4 Å². The summed E-state index contributed by atoms with van der Waals surface area (Å²) in [5.41, 5.74) is 0. The van der Waals surface area contributed by atoms with Crippen LogP contribution in [0.5, 0.6) is 0 Å². The zero-order valence-corrected chi connectivity index (χ0v) is 7.88. The van der Waals surface area contributed by atoms with Crippen LogP contribution in [0.25, 0.3) is 0 Å². The maximum atomic E-state index is 8.57. The summed E-state index contributed by atoms with van der Waals surface area (Å²) in [4.78, 5) is 0. The summed E-state index contributed by atoms with van der Waals surface area (Å²) in [6.07, 6.45) is 0. The molecule has 3 nitrogen and oxygen atoms in total. The first-order valence-corrected chi connectivity index (χ1v) is 3.11. The van der Waals surface area contributed by atoms with E-state index in [0.717, 1.165) is 0 Å². The summed E-state index contributed by atoms with van der Waals surface area (Å²) >= 11 is -4.01. The van der Waals surface area contributed by atoms with Gasteiger partial charge >= 0.3 is 51.4 Å². The second-order valence-corrected chi connectivity index (χ2v) is 1.27. The molecule has 0 saturated heterocycles. The van der Waals surface area contributed by atoms with E-state index in [0.29, 0.717) is 0 Å². The molecular formula is IKO3. The van der Waals surface area contributed by atoms with Crippen molar-refractivity contribution in [3.63, 3.8) is 0 Å². The van der Waals surface area contributed by atoms with Gasteiger partial charge in [0, 0.05) is 0 Å². The van der Waals surface area contributed by atoms with Crippen LogP contribution >= 0.6 is 0 Å². The van der Waals surface area contributed by atoms with Crippen molar-refractivity contribution in [2.24, 2.45) is 0 Å². The number of hydrogen-bond donors (Lipinski definition) is 0. The van der Waals surface area contributed by atoms with E-state index in [2.05, 4.69) is 0 Å². The summed E-state index contributed by atoms with van der Waals surface area (Å²) in [6.45, 7) is 0. The number of halogens is 1. The zero-order valence-electron chi connectivity index (χ0n) is 2.60. The van der Waals surface area contributed by atoms with E-state index >= 15 is 0 Å². The topological polar surface area (TPSA) is 69.2 Å². The van der Waals surface area contributed by atoms with Crippen LogP contribution in [-0.2, 0) is 0 Å². The number of rotatable bonds is 0. The molecule has 0 aromatic carbocycles. The quantitative estimate of drug-likeness (QED) is 0.297. The summed E-state index contributed by atoms with van der Waals surface area (Å²) in [5.74, 6) is 0. The predicted molar refractivity (Wildman–Crippen MR) is 0 cm³/mol. The normalized spacial score (nSPS) is 7.20. The average Bonchev–Trinajstić information content (AvgIpc) is 0.811. The third-order valence-electron chi connectivity index (χ3n) is 0. The minimum Gasteiger partial charge on any atom is -0.427 e. The molecule has 0 aliphatic carbocycles. The van der Waals surface area contributed by atoms with Crippen molar-refractivity contribution in [1.29, 1.82) is 0 Å². The zero-order chi connectivity index (χ0) is 3.58. The molecule has 0 bridgehead atoms. The molecule has 0 fully saturated rings. The first-order chi connectivity index (χ1) is 1.73. The minimum atomic E-state index is -4.01. The molecule has 5 heavy (non-hydrogen) atoms. The Balaban J connectivity index is 0. The van der Waals surface area contributed by atoms with Gasteiger partial charge in [0.05, 0.1) is 0 Å². The largest absolute Gasteiger partial charge is 1.00 e. The molecule has 0 heterocycles. The molecule has 0 amide bonds. The molecular weight excluding hydrogens is 214 g/mol. The fraction of sp³-hybridized carbons (Fsp3) is 0. The molecule has 0 aliphatic rings. The number of hydrogen-bond acceptors (Lipinski definition) is 3. The Morgan fingerprint density at radius 1 is 1.00 bits per heavy atom. The first kappa shape index (κ1) is 10.3. The van der Waals surface area contributed by atoms with Crippen molar-refractivity contribution < 1.29 is 82.8 Å². The molecule has 0 radical (unpaired) electrons. The van der Waals surface area contributed by atoms with Gasteiger partial charge in [-0.15, -0.1) is 0 Å². The van der Waals surface area contributed by atoms with Crippen LogP contribution < -0.4 is 82.8 Å². The molecule has 26 valence electrons. The van der Waals surface area contributed by atoms with Gasteiger partial charge in [-0.05, 0) is 0 Å². The van der Waals surface area contributed by atoms with E-state index in [9.17, 15) is 0 Å². The summed E-state index contributed by atoms with van der Waals surface area (Å²) in [5, 5.41) is 0. The van der Waals surface area contributed by atoms with Gasteiger partial charge in [0.25, 0.3) is 21.1 Å². The van der Waals surface area contributed by atoms with E-state index in [1.165, 1.54) is 0 Å². The van der Waals surface area contributed by atoms with Crippen LogP contribution in [0.4, 0.5) is 0 Å². The van der Waals surface area contributed by atoms with E-state index in [4.69, 9.17) is 10.3 Å². The Hall–Kier alpha value is 2.25. The summed E-state index contributed by atoms with van der Waals surface area (Å²) < 4.78 is 25.7. The molecule has 0 unspecified atom stereocenters. The van der Waals surface area contributed by atoms with E-state index in [1.807, 2.05) is 0 Å². The maximum Gasteiger partial charge on any atom is 1.00 e. The monoisotopic (exact) mass is 214 g/mol. The van der Waals surface area contributed by atoms with Gasteiger partial charge in [-0.1, -0.05) is 0 Å². The van der Waals surface area contributed by atoms with Crippen LogP contribution in [0.3, 0.4) is 0 Å². The third kappa shape index (κ3) is 22.3. The molecule has 0 saturated carbocycles. The molecule has 0 atom stereocenters. The van der Waals surface area contributed by atoms with Gasteiger partial charge in [-0.3, -0.25) is 0 Å². The molecule has 0 aromatic heterocycles. The van der Waals surface area contributed by atoms with Crippen LogP contribution in [-0.4, -0.2) is 0 Å². The Morgan fingerprint density at radius 3 is 1.00 bits per heavy atom. The molecule has 5 heteroatoms. The smallest absolute Gasteiger partial charge is 0.427 e. The van der Waals surface area contributed by atoms with Gasteiger partial charge in [-0.2, -0.15) is 0 Å². The molecule has 0 N–H and O–H groups in total. The second-order valence-electron chi connectivity index (χ2n) is 0.189. The maximum absolute atomic E-state index is 8.57. The molecule has 0 spiro atoms. The second kappa shape index (κ2) is 6.25. The summed E-state index contributed by atoms with van der Waals surface area (Å²) in [7, 11) is 0. The van der Waals surface area contributed by atoms with Crippen molar-refractivity contribution in [2.45, 2.75) is 0 Å². The van der Waals surface area contributed by atoms with E-state index < -0.39 is 21.1 Å². The van der Waals surface area contributed by atoms with E-state index in [1.54, 1.807) is 0 Å². The standard InChI is InChI=1S/IO3.K/c2-1(3)4;/q-1;+1. The SMILES string of the molecule is [K+].[O-][I+2]([O-])[O-]. The molecule has 0 aliphatic heterocycles. The van der Waals surface area contributed by atoms with Gasteiger partial charge in [0.2, 0.25) is 0 Å². The van der Waals surface area contributed by atoms with Gasteiger partial charge in [0.1, 0.15) is 0 Å². The fourth-order valence-corrected chi connectivity index (χ4v) is 0. The predicted octanol–water partition coefficient (Wildman–Crippen LogP) is -9.56. The van der Waals surface area contributed by atoms with Crippen molar-refractivity contribution >= 4 is 0 Å².